The number of hydrogen-bond donors (Lipinski definition) is 1. The van der Waals surface area contributed by atoms with Crippen molar-refractivity contribution in [2.24, 2.45) is 5.41 Å². The quantitative estimate of drug-likeness (QED) is 0.803. The van der Waals surface area contributed by atoms with Crippen LogP contribution in [0.5, 0.6) is 5.75 Å². The van der Waals surface area contributed by atoms with Gasteiger partial charge in [-0.3, -0.25) is 4.79 Å². The number of anilines is 1. The lowest BCUT2D eigenvalue weighted by Crippen LogP contribution is -2.26. The van der Waals surface area contributed by atoms with E-state index in [1.165, 1.54) is 0 Å². The molecule has 0 unspecified atom stereocenters. The van der Waals surface area contributed by atoms with Gasteiger partial charge in [0.15, 0.2) is 0 Å². The van der Waals surface area contributed by atoms with Crippen LogP contribution in [0.3, 0.4) is 0 Å². The highest BCUT2D eigenvalue weighted by Crippen LogP contribution is 2.46. The normalized spacial score (nSPS) is 17.9. The Balaban J connectivity index is 1.52. The first kappa shape index (κ1) is 19.3. The molecule has 0 atom stereocenters. The minimum absolute atomic E-state index is 0.0506. The summed E-state index contributed by atoms with van der Waals surface area (Å²) in [6, 6.07) is 11.2. The van der Waals surface area contributed by atoms with Crippen LogP contribution in [0.25, 0.3) is 11.1 Å². The van der Waals surface area contributed by atoms with E-state index in [1.54, 1.807) is 30.5 Å². The SMILES string of the molecule is N#Cc1cc(-c2ccnc(NC(=O)C3(CF)CC3)c2)ccc1OC1CCOCC1. The molecule has 6 nitrogen and oxygen atoms in total. The number of alkyl halides is 1. The van der Waals surface area contributed by atoms with E-state index in [2.05, 4.69) is 16.4 Å². The molecule has 4 rings (SSSR count). The van der Waals surface area contributed by atoms with Gasteiger partial charge < -0.3 is 14.8 Å². The lowest BCUT2D eigenvalue weighted by Gasteiger charge is -2.23. The van der Waals surface area contributed by atoms with E-state index < -0.39 is 12.1 Å². The number of halogens is 1. The highest BCUT2D eigenvalue weighted by atomic mass is 19.1. The number of nitriles is 1. The van der Waals surface area contributed by atoms with Gasteiger partial charge in [-0.2, -0.15) is 5.26 Å². The molecular formula is C22H22FN3O3. The average molecular weight is 395 g/mol. The van der Waals surface area contributed by atoms with Crippen LogP contribution in [0.4, 0.5) is 10.2 Å². The minimum atomic E-state index is -0.880. The van der Waals surface area contributed by atoms with Gasteiger partial charge in [0.05, 0.1) is 24.2 Å². The Kier molecular flexibility index (Phi) is 5.45. The van der Waals surface area contributed by atoms with E-state index in [-0.39, 0.29) is 12.0 Å². The van der Waals surface area contributed by atoms with Crippen molar-refractivity contribution in [2.75, 3.05) is 25.2 Å². The van der Waals surface area contributed by atoms with E-state index in [0.717, 1.165) is 24.0 Å². The van der Waals surface area contributed by atoms with Gasteiger partial charge in [-0.25, -0.2) is 9.37 Å². The second kappa shape index (κ2) is 8.18. The molecule has 0 spiro atoms. The zero-order valence-corrected chi connectivity index (χ0v) is 16.0. The van der Waals surface area contributed by atoms with Gasteiger partial charge in [0.1, 0.15) is 30.4 Å². The highest BCUT2D eigenvalue weighted by Gasteiger charge is 2.50. The van der Waals surface area contributed by atoms with Crippen molar-refractivity contribution in [1.82, 2.24) is 4.98 Å². The average Bonchev–Trinajstić information content (AvgIpc) is 3.56. The van der Waals surface area contributed by atoms with Crippen LogP contribution in [0.15, 0.2) is 36.5 Å². The maximum absolute atomic E-state index is 13.1. The molecule has 2 fully saturated rings. The Morgan fingerprint density at radius 2 is 2.03 bits per heavy atom. The van der Waals surface area contributed by atoms with E-state index >= 15 is 0 Å². The molecule has 7 heteroatoms. The first-order valence-electron chi connectivity index (χ1n) is 9.76. The first-order chi connectivity index (χ1) is 14.1. The largest absolute Gasteiger partial charge is 0.489 e. The number of ether oxygens (including phenoxy) is 2. The number of benzene rings is 1. The number of nitrogens with zero attached hydrogens (tertiary/aromatic N) is 2. The van der Waals surface area contributed by atoms with Crippen molar-refractivity contribution < 1.29 is 18.7 Å². The predicted molar refractivity (Wildman–Crippen MR) is 105 cm³/mol. The molecule has 1 aromatic carbocycles. The van der Waals surface area contributed by atoms with E-state index in [0.29, 0.717) is 43.2 Å². The first-order valence-corrected chi connectivity index (χ1v) is 9.76. The molecule has 2 aromatic rings. The van der Waals surface area contributed by atoms with Crippen molar-refractivity contribution in [3.05, 3.63) is 42.1 Å². The van der Waals surface area contributed by atoms with Crippen LogP contribution >= 0.6 is 0 Å². The second-order valence-corrected chi connectivity index (χ2v) is 7.55. The number of carbonyl (C=O) groups is 1. The molecule has 0 radical (unpaired) electrons. The summed E-state index contributed by atoms with van der Waals surface area (Å²) >= 11 is 0. The van der Waals surface area contributed by atoms with Gasteiger partial charge in [0, 0.05) is 19.0 Å². The fourth-order valence-corrected chi connectivity index (χ4v) is 3.37. The highest BCUT2D eigenvalue weighted by molar-refractivity contribution is 5.97. The number of carbonyl (C=O) groups excluding carboxylic acids is 1. The smallest absolute Gasteiger partial charge is 0.234 e. The summed E-state index contributed by atoms with van der Waals surface area (Å²) < 4.78 is 24.4. The summed E-state index contributed by atoms with van der Waals surface area (Å²) in [4.78, 5) is 16.4. The fraction of sp³-hybridized carbons (Fsp3) is 0.409. The Morgan fingerprint density at radius 1 is 1.28 bits per heavy atom. The lowest BCUT2D eigenvalue weighted by atomic mass is 10.0. The number of amides is 1. The summed E-state index contributed by atoms with van der Waals surface area (Å²) in [7, 11) is 0. The zero-order valence-electron chi connectivity index (χ0n) is 16.0. The van der Waals surface area contributed by atoms with Crippen molar-refractivity contribution in [3.8, 4) is 22.9 Å². The summed E-state index contributed by atoms with van der Waals surface area (Å²) in [6.07, 6.45) is 4.37. The Hall–Kier alpha value is -2.98. The Bertz CT molecular complexity index is 947. The van der Waals surface area contributed by atoms with E-state index in [4.69, 9.17) is 9.47 Å². The topological polar surface area (TPSA) is 84.2 Å². The summed E-state index contributed by atoms with van der Waals surface area (Å²) in [5, 5.41) is 12.3. The molecule has 1 aliphatic carbocycles. The van der Waals surface area contributed by atoms with E-state index in [9.17, 15) is 14.4 Å². The predicted octanol–water partition coefficient (Wildman–Crippen LogP) is 3.87. The van der Waals surface area contributed by atoms with Crippen LogP contribution in [0.2, 0.25) is 0 Å². The van der Waals surface area contributed by atoms with Crippen LogP contribution in [-0.4, -0.2) is 36.9 Å². The number of aromatic nitrogens is 1. The van der Waals surface area contributed by atoms with Crippen molar-refractivity contribution in [3.63, 3.8) is 0 Å². The molecular weight excluding hydrogens is 373 g/mol. The number of hydrogen-bond acceptors (Lipinski definition) is 5. The molecule has 0 bridgehead atoms. The number of rotatable bonds is 6. The third-order valence-electron chi connectivity index (χ3n) is 5.49. The van der Waals surface area contributed by atoms with Gasteiger partial charge in [0.25, 0.3) is 0 Å². The fourth-order valence-electron chi connectivity index (χ4n) is 3.37. The molecule has 1 aromatic heterocycles. The van der Waals surface area contributed by atoms with E-state index in [1.807, 2.05) is 6.07 Å². The molecule has 1 amide bonds. The van der Waals surface area contributed by atoms with Crippen LogP contribution in [0.1, 0.15) is 31.2 Å². The van der Waals surface area contributed by atoms with Crippen LogP contribution < -0.4 is 10.1 Å². The minimum Gasteiger partial charge on any atom is -0.489 e. The molecule has 1 aliphatic heterocycles. The second-order valence-electron chi connectivity index (χ2n) is 7.55. The molecule has 2 heterocycles. The third-order valence-corrected chi connectivity index (χ3v) is 5.49. The van der Waals surface area contributed by atoms with Crippen molar-refractivity contribution in [1.29, 1.82) is 5.26 Å². The monoisotopic (exact) mass is 395 g/mol. The maximum atomic E-state index is 13.1. The van der Waals surface area contributed by atoms with Gasteiger partial charge in [0.2, 0.25) is 5.91 Å². The molecule has 1 N–H and O–H groups in total. The number of nitrogens with one attached hydrogen (secondary N) is 1. The Labute approximate surface area is 168 Å². The number of pyridine rings is 1. The van der Waals surface area contributed by atoms with Gasteiger partial charge >= 0.3 is 0 Å². The molecule has 29 heavy (non-hydrogen) atoms. The van der Waals surface area contributed by atoms with Crippen LogP contribution in [-0.2, 0) is 9.53 Å². The van der Waals surface area contributed by atoms with Crippen LogP contribution in [0, 0.1) is 16.7 Å². The standard InChI is InChI=1S/C22H22FN3O3/c23-14-22(6-7-22)21(27)26-20-12-16(3-8-25-20)15-1-2-19(17(11-15)13-24)29-18-4-9-28-10-5-18/h1-3,8,11-12,18H,4-7,9-10,14H2,(H,25,26,27). The maximum Gasteiger partial charge on any atom is 0.234 e. The lowest BCUT2D eigenvalue weighted by molar-refractivity contribution is -0.121. The Morgan fingerprint density at radius 3 is 2.72 bits per heavy atom. The summed E-state index contributed by atoms with van der Waals surface area (Å²) in [6.45, 7) is 0.679. The molecule has 1 saturated heterocycles. The van der Waals surface area contributed by atoms with Gasteiger partial charge in [-0.1, -0.05) is 6.07 Å². The molecule has 2 aliphatic rings. The van der Waals surface area contributed by atoms with Gasteiger partial charge in [-0.05, 0) is 48.2 Å². The molecule has 1 saturated carbocycles. The van der Waals surface area contributed by atoms with Gasteiger partial charge in [-0.15, -0.1) is 0 Å². The van der Waals surface area contributed by atoms with Crippen molar-refractivity contribution in [2.45, 2.75) is 31.8 Å². The molecule has 150 valence electrons. The third kappa shape index (κ3) is 4.22. The summed E-state index contributed by atoms with van der Waals surface area (Å²) in [5.74, 6) is 0.597. The summed E-state index contributed by atoms with van der Waals surface area (Å²) in [5.41, 5.74) is 1.18. The zero-order chi connectivity index (χ0) is 20.3. The van der Waals surface area contributed by atoms with Crippen molar-refractivity contribution >= 4 is 11.7 Å².